The first-order valence-corrected chi connectivity index (χ1v) is 7.72. The van der Waals surface area contributed by atoms with Crippen molar-refractivity contribution in [2.75, 3.05) is 19.6 Å². The zero-order valence-corrected chi connectivity index (χ0v) is 12.6. The standard InChI is InChI=1S/C15H26N2O3/c1-3-15(2)6-9-16(10-7-15)14(20)17-8-4-5-12(17)11-13(18)19/h12H,3-11H2,1-2H3,(H,18,19). The minimum absolute atomic E-state index is 0.0481. The van der Waals surface area contributed by atoms with Crippen LogP contribution in [0.2, 0.25) is 0 Å². The van der Waals surface area contributed by atoms with E-state index in [1.54, 1.807) is 4.90 Å². The molecule has 1 atom stereocenters. The van der Waals surface area contributed by atoms with Crippen molar-refractivity contribution in [3.63, 3.8) is 0 Å². The van der Waals surface area contributed by atoms with Gasteiger partial charge in [0.15, 0.2) is 0 Å². The number of piperidine rings is 1. The van der Waals surface area contributed by atoms with Gasteiger partial charge in [-0.1, -0.05) is 20.3 Å². The predicted octanol–water partition coefficient (Wildman–Crippen LogP) is 2.56. The van der Waals surface area contributed by atoms with E-state index in [1.165, 1.54) is 0 Å². The van der Waals surface area contributed by atoms with Crippen molar-refractivity contribution in [2.24, 2.45) is 5.41 Å². The lowest BCUT2D eigenvalue weighted by molar-refractivity contribution is -0.138. The fourth-order valence-corrected chi connectivity index (χ4v) is 3.27. The molecule has 0 saturated carbocycles. The number of carbonyl (C=O) groups is 2. The lowest BCUT2D eigenvalue weighted by Crippen LogP contribution is -2.50. The van der Waals surface area contributed by atoms with E-state index < -0.39 is 5.97 Å². The van der Waals surface area contributed by atoms with Gasteiger partial charge in [-0.25, -0.2) is 4.79 Å². The highest BCUT2D eigenvalue weighted by Crippen LogP contribution is 2.34. The quantitative estimate of drug-likeness (QED) is 0.865. The minimum atomic E-state index is -0.813. The van der Waals surface area contributed by atoms with E-state index in [0.29, 0.717) is 12.0 Å². The summed E-state index contributed by atoms with van der Waals surface area (Å²) in [5, 5.41) is 8.93. The zero-order chi connectivity index (χ0) is 14.8. The van der Waals surface area contributed by atoms with Gasteiger partial charge in [0.05, 0.1) is 6.42 Å². The summed E-state index contributed by atoms with van der Waals surface area (Å²) in [5.41, 5.74) is 0.363. The maximum atomic E-state index is 12.6. The third-order valence-electron chi connectivity index (χ3n) is 5.13. The number of nitrogens with zero attached hydrogens (tertiary/aromatic N) is 2. The maximum absolute atomic E-state index is 12.6. The number of hydrogen-bond donors (Lipinski definition) is 1. The number of carbonyl (C=O) groups excluding carboxylic acids is 1. The average molecular weight is 282 g/mol. The molecule has 0 aliphatic carbocycles. The van der Waals surface area contributed by atoms with Crippen LogP contribution in [-0.4, -0.2) is 52.6 Å². The van der Waals surface area contributed by atoms with Crippen LogP contribution in [0.4, 0.5) is 4.79 Å². The Morgan fingerprint density at radius 1 is 1.25 bits per heavy atom. The lowest BCUT2D eigenvalue weighted by atomic mass is 9.78. The molecule has 2 aliphatic rings. The Bertz CT molecular complexity index is 375. The third kappa shape index (κ3) is 3.25. The molecule has 0 bridgehead atoms. The molecule has 2 amide bonds. The minimum Gasteiger partial charge on any atom is -0.481 e. The Balaban J connectivity index is 1.93. The van der Waals surface area contributed by atoms with Gasteiger partial charge in [0.1, 0.15) is 0 Å². The van der Waals surface area contributed by atoms with Crippen molar-refractivity contribution < 1.29 is 14.7 Å². The Labute approximate surface area is 120 Å². The molecule has 5 nitrogen and oxygen atoms in total. The van der Waals surface area contributed by atoms with Crippen molar-refractivity contribution >= 4 is 12.0 Å². The van der Waals surface area contributed by atoms with Gasteiger partial charge in [0, 0.05) is 25.7 Å². The highest BCUT2D eigenvalue weighted by Gasteiger charge is 2.36. The molecule has 2 fully saturated rings. The van der Waals surface area contributed by atoms with E-state index in [4.69, 9.17) is 5.11 Å². The van der Waals surface area contributed by atoms with E-state index in [2.05, 4.69) is 13.8 Å². The average Bonchev–Trinajstić information content (AvgIpc) is 2.86. The van der Waals surface area contributed by atoms with Crippen LogP contribution >= 0.6 is 0 Å². The van der Waals surface area contributed by atoms with Crippen LogP contribution < -0.4 is 0 Å². The molecule has 2 heterocycles. The topological polar surface area (TPSA) is 60.9 Å². The highest BCUT2D eigenvalue weighted by atomic mass is 16.4. The maximum Gasteiger partial charge on any atom is 0.320 e. The van der Waals surface area contributed by atoms with Crippen molar-refractivity contribution in [1.82, 2.24) is 9.80 Å². The molecule has 0 aromatic carbocycles. The number of aliphatic carboxylic acids is 1. The summed E-state index contributed by atoms with van der Waals surface area (Å²) in [4.78, 5) is 27.1. The molecule has 0 aromatic heterocycles. The second kappa shape index (κ2) is 6.02. The Hall–Kier alpha value is -1.26. The lowest BCUT2D eigenvalue weighted by Gasteiger charge is -2.41. The van der Waals surface area contributed by atoms with Crippen LogP contribution in [0.5, 0.6) is 0 Å². The van der Waals surface area contributed by atoms with Crippen LogP contribution in [0.25, 0.3) is 0 Å². The number of carboxylic acids is 1. The number of hydrogen-bond acceptors (Lipinski definition) is 2. The molecule has 5 heteroatoms. The number of carboxylic acid groups (broad SMARTS) is 1. The summed E-state index contributed by atoms with van der Waals surface area (Å²) in [5.74, 6) is -0.813. The zero-order valence-electron chi connectivity index (χ0n) is 12.6. The molecule has 114 valence electrons. The van der Waals surface area contributed by atoms with Gasteiger partial charge in [-0.05, 0) is 31.1 Å². The highest BCUT2D eigenvalue weighted by molar-refractivity contribution is 5.76. The molecule has 0 aromatic rings. The first-order chi connectivity index (χ1) is 9.45. The fraction of sp³-hybridized carbons (Fsp3) is 0.867. The normalized spacial score (nSPS) is 25.8. The van der Waals surface area contributed by atoms with Crippen molar-refractivity contribution in [2.45, 2.75) is 58.4 Å². The third-order valence-corrected chi connectivity index (χ3v) is 5.13. The smallest absolute Gasteiger partial charge is 0.320 e. The van der Waals surface area contributed by atoms with E-state index in [0.717, 1.165) is 45.2 Å². The summed E-state index contributed by atoms with van der Waals surface area (Å²) in [7, 11) is 0. The molecule has 2 rings (SSSR count). The SMILES string of the molecule is CCC1(C)CCN(C(=O)N2CCCC2CC(=O)O)CC1. The summed E-state index contributed by atoms with van der Waals surface area (Å²) >= 11 is 0. The van der Waals surface area contributed by atoms with Gasteiger partial charge in [0.25, 0.3) is 0 Å². The van der Waals surface area contributed by atoms with E-state index in [1.807, 2.05) is 4.90 Å². The number of urea groups is 1. The van der Waals surface area contributed by atoms with Gasteiger partial charge in [0.2, 0.25) is 0 Å². The van der Waals surface area contributed by atoms with Gasteiger partial charge in [-0.2, -0.15) is 0 Å². The first-order valence-electron chi connectivity index (χ1n) is 7.72. The van der Waals surface area contributed by atoms with E-state index in [9.17, 15) is 9.59 Å². The van der Waals surface area contributed by atoms with Crippen molar-refractivity contribution in [3.8, 4) is 0 Å². The summed E-state index contributed by atoms with van der Waals surface area (Å²) in [6.45, 7) is 6.82. The van der Waals surface area contributed by atoms with Crippen LogP contribution in [0.3, 0.4) is 0 Å². The first kappa shape index (κ1) is 15.1. The van der Waals surface area contributed by atoms with Gasteiger partial charge in [-0.15, -0.1) is 0 Å². The van der Waals surface area contributed by atoms with Gasteiger partial charge < -0.3 is 14.9 Å². The van der Waals surface area contributed by atoms with Crippen molar-refractivity contribution in [1.29, 1.82) is 0 Å². The second-order valence-electron chi connectivity index (χ2n) is 6.52. The number of likely N-dealkylation sites (tertiary alicyclic amines) is 2. The Morgan fingerprint density at radius 2 is 1.90 bits per heavy atom. The van der Waals surface area contributed by atoms with E-state index >= 15 is 0 Å². The molecule has 20 heavy (non-hydrogen) atoms. The predicted molar refractivity (Wildman–Crippen MR) is 76.6 cm³/mol. The molecular weight excluding hydrogens is 256 g/mol. The van der Waals surface area contributed by atoms with E-state index in [-0.39, 0.29) is 18.5 Å². The van der Waals surface area contributed by atoms with Crippen LogP contribution in [0, 0.1) is 5.41 Å². The summed E-state index contributed by atoms with van der Waals surface area (Å²) < 4.78 is 0. The van der Waals surface area contributed by atoms with Crippen molar-refractivity contribution in [3.05, 3.63) is 0 Å². The second-order valence-corrected chi connectivity index (χ2v) is 6.52. The molecule has 2 aliphatic heterocycles. The molecular formula is C15H26N2O3. The summed E-state index contributed by atoms with van der Waals surface area (Å²) in [6, 6.07) is -0.0635. The summed E-state index contributed by atoms with van der Waals surface area (Å²) in [6.07, 6.45) is 5.06. The van der Waals surface area contributed by atoms with Gasteiger partial charge in [-0.3, -0.25) is 4.79 Å². The van der Waals surface area contributed by atoms with Crippen LogP contribution in [0.15, 0.2) is 0 Å². The largest absolute Gasteiger partial charge is 0.481 e. The van der Waals surface area contributed by atoms with Gasteiger partial charge >= 0.3 is 12.0 Å². The monoisotopic (exact) mass is 282 g/mol. The Kier molecular flexibility index (Phi) is 4.55. The number of rotatable bonds is 3. The fourth-order valence-electron chi connectivity index (χ4n) is 3.27. The molecule has 1 unspecified atom stereocenters. The molecule has 2 saturated heterocycles. The van der Waals surface area contributed by atoms with Crippen LogP contribution in [-0.2, 0) is 4.79 Å². The number of amides is 2. The Morgan fingerprint density at radius 3 is 2.45 bits per heavy atom. The van der Waals surface area contributed by atoms with Crippen LogP contribution in [0.1, 0.15) is 52.4 Å². The molecule has 0 radical (unpaired) electrons. The molecule has 0 spiro atoms. The molecule has 1 N–H and O–H groups in total.